The SMILES string of the molecule is O=C(NC1CCN(C(=O)c2ccccc2)CC1)N1CCCOCC1. The Morgan fingerprint density at radius 1 is 0.958 bits per heavy atom. The van der Waals surface area contributed by atoms with Crippen LogP contribution < -0.4 is 5.32 Å². The summed E-state index contributed by atoms with van der Waals surface area (Å²) in [5.74, 6) is 0.0741. The molecule has 3 amide bonds. The van der Waals surface area contributed by atoms with E-state index in [4.69, 9.17) is 4.74 Å². The van der Waals surface area contributed by atoms with E-state index in [1.807, 2.05) is 40.1 Å². The van der Waals surface area contributed by atoms with E-state index < -0.39 is 0 Å². The molecule has 0 unspecified atom stereocenters. The number of rotatable bonds is 2. The fourth-order valence-electron chi connectivity index (χ4n) is 3.21. The highest BCUT2D eigenvalue weighted by molar-refractivity contribution is 5.94. The van der Waals surface area contributed by atoms with Crippen LogP contribution in [0, 0.1) is 0 Å². The van der Waals surface area contributed by atoms with Gasteiger partial charge in [0.15, 0.2) is 0 Å². The number of hydrogen-bond acceptors (Lipinski definition) is 3. The highest BCUT2D eigenvalue weighted by atomic mass is 16.5. The van der Waals surface area contributed by atoms with Gasteiger partial charge in [-0.3, -0.25) is 4.79 Å². The third-order valence-corrected chi connectivity index (χ3v) is 4.64. The summed E-state index contributed by atoms with van der Waals surface area (Å²) in [6.07, 6.45) is 2.49. The molecule has 130 valence electrons. The zero-order chi connectivity index (χ0) is 16.8. The minimum Gasteiger partial charge on any atom is -0.380 e. The summed E-state index contributed by atoms with van der Waals surface area (Å²) in [6, 6.07) is 9.49. The number of carbonyl (C=O) groups is 2. The van der Waals surface area contributed by atoms with E-state index in [1.165, 1.54) is 0 Å². The van der Waals surface area contributed by atoms with Gasteiger partial charge < -0.3 is 19.9 Å². The molecule has 1 aromatic rings. The molecule has 2 aliphatic heterocycles. The first-order chi connectivity index (χ1) is 11.7. The van der Waals surface area contributed by atoms with E-state index in [0.29, 0.717) is 26.2 Å². The van der Waals surface area contributed by atoms with Crippen LogP contribution in [-0.2, 0) is 4.74 Å². The lowest BCUT2D eigenvalue weighted by Gasteiger charge is -2.33. The molecule has 3 rings (SSSR count). The number of hydrogen-bond donors (Lipinski definition) is 1. The van der Waals surface area contributed by atoms with Crippen molar-refractivity contribution in [3.05, 3.63) is 35.9 Å². The van der Waals surface area contributed by atoms with E-state index in [9.17, 15) is 9.59 Å². The molecular weight excluding hydrogens is 306 g/mol. The predicted molar refractivity (Wildman–Crippen MR) is 90.9 cm³/mol. The van der Waals surface area contributed by atoms with Crippen LogP contribution in [0.2, 0.25) is 0 Å². The van der Waals surface area contributed by atoms with Gasteiger partial charge in [0.05, 0.1) is 6.61 Å². The van der Waals surface area contributed by atoms with Gasteiger partial charge in [0, 0.05) is 44.4 Å². The molecule has 24 heavy (non-hydrogen) atoms. The summed E-state index contributed by atoms with van der Waals surface area (Å²) in [7, 11) is 0. The van der Waals surface area contributed by atoms with Crippen molar-refractivity contribution in [2.24, 2.45) is 0 Å². The van der Waals surface area contributed by atoms with Crippen molar-refractivity contribution in [2.45, 2.75) is 25.3 Å². The number of nitrogens with one attached hydrogen (secondary N) is 1. The highest BCUT2D eigenvalue weighted by Gasteiger charge is 2.26. The third-order valence-electron chi connectivity index (χ3n) is 4.64. The Morgan fingerprint density at radius 3 is 2.46 bits per heavy atom. The molecule has 2 saturated heterocycles. The van der Waals surface area contributed by atoms with Crippen LogP contribution in [0.1, 0.15) is 29.6 Å². The van der Waals surface area contributed by atoms with Gasteiger partial charge in [-0.15, -0.1) is 0 Å². The highest BCUT2D eigenvalue weighted by Crippen LogP contribution is 2.14. The third kappa shape index (κ3) is 4.26. The van der Waals surface area contributed by atoms with Crippen LogP contribution in [-0.4, -0.2) is 67.2 Å². The van der Waals surface area contributed by atoms with Crippen molar-refractivity contribution >= 4 is 11.9 Å². The maximum absolute atomic E-state index is 12.4. The number of amides is 3. The van der Waals surface area contributed by atoms with Gasteiger partial charge in [-0.05, 0) is 31.4 Å². The summed E-state index contributed by atoms with van der Waals surface area (Å²) in [6.45, 7) is 4.10. The van der Waals surface area contributed by atoms with E-state index in [-0.39, 0.29) is 18.0 Å². The van der Waals surface area contributed by atoms with Crippen molar-refractivity contribution in [2.75, 3.05) is 39.4 Å². The van der Waals surface area contributed by atoms with Crippen LogP contribution in [0.3, 0.4) is 0 Å². The molecule has 6 heteroatoms. The minimum atomic E-state index is -0.00617. The fraction of sp³-hybridized carbons (Fsp3) is 0.556. The first kappa shape index (κ1) is 16.8. The van der Waals surface area contributed by atoms with Crippen molar-refractivity contribution in [1.29, 1.82) is 0 Å². The van der Waals surface area contributed by atoms with Crippen molar-refractivity contribution in [3.63, 3.8) is 0 Å². The van der Waals surface area contributed by atoms with Crippen molar-refractivity contribution in [1.82, 2.24) is 15.1 Å². The molecule has 2 fully saturated rings. The molecule has 0 spiro atoms. The molecule has 6 nitrogen and oxygen atoms in total. The smallest absolute Gasteiger partial charge is 0.317 e. The molecule has 1 aromatic carbocycles. The summed E-state index contributed by atoms with van der Waals surface area (Å²) >= 11 is 0. The Balaban J connectivity index is 1.46. The molecule has 0 saturated carbocycles. The Labute approximate surface area is 142 Å². The van der Waals surface area contributed by atoms with Crippen LogP contribution in [0.25, 0.3) is 0 Å². The second kappa shape index (κ2) is 8.15. The first-order valence-corrected chi connectivity index (χ1v) is 8.71. The summed E-state index contributed by atoms with van der Waals surface area (Å²) in [5, 5.41) is 3.11. The zero-order valence-electron chi connectivity index (χ0n) is 13.9. The van der Waals surface area contributed by atoms with Crippen LogP contribution in [0.4, 0.5) is 4.79 Å². The van der Waals surface area contributed by atoms with E-state index in [2.05, 4.69) is 5.32 Å². The standard InChI is InChI=1S/C18H25N3O3/c22-17(15-5-2-1-3-6-15)20-10-7-16(8-11-20)19-18(23)21-9-4-13-24-14-12-21/h1-3,5-6,16H,4,7-14H2,(H,19,23). The number of nitrogens with zero attached hydrogens (tertiary/aromatic N) is 2. The number of benzene rings is 1. The lowest BCUT2D eigenvalue weighted by Crippen LogP contribution is -2.50. The van der Waals surface area contributed by atoms with Crippen LogP contribution in [0.5, 0.6) is 0 Å². The van der Waals surface area contributed by atoms with Gasteiger partial charge in [0.1, 0.15) is 0 Å². The lowest BCUT2D eigenvalue weighted by atomic mass is 10.0. The summed E-state index contributed by atoms with van der Waals surface area (Å²) in [5.41, 5.74) is 0.726. The minimum absolute atomic E-state index is 0.00617. The number of likely N-dealkylation sites (tertiary alicyclic amines) is 1. The summed E-state index contributed by atoms with van der Waals surface area (Å²) in [4.78, 5) is 28.5. The Hall–Kier alpha value is -2.08. The normalized spacial score (nSPS) is 19.7. The molecule has 0 radical (unpaired) electrons. The van der Waals surface area contributed by atoms with Gasteiger partial charge in [-0.2, -0.15) is 0 Å². The topological polar surface area (TPSA) is 61.9 Å². The van der Waals surface area contributed by atoms with E-state index >= 15 is 0 Å². The van der Waals surface area contributed by atoms with E-state index in [1.54, 1.807) is 0 Å². The van der Waals surface area contributed by atoms with Crippen LogP contribution in [0.15, 0.2) is 30.3 Å². The van der Waals surface area contributed by atoms with Gasteiger partial charge in [0.2, 0.25) is 0 Å². The average Bonchev–Trinajstić information content (AvgIpc) is 2.92. The molecule has 0 bridgehead atoms. The molecule has 0 atom stereocenters. The molecule has 2 heterocycles. The maximum Gasteiger partial charge on any atom is 0.317 e. The Kier molecular flexibility index (Phi) is 5.69. The average molecular weight is 331 g/mol. The summed E-state index contributed by atoms with van der Waals surface area (Å²) < 4.78 is 5.38. The van der Waals surface area contributed by atoms with Gasteiger partial charge in [0.25, 0.3) is 5.91 Å². The van der Waals surface area contributed by atoms with Gasteiger partial charge in [-0.1, -0.05) is 18.2 Å². The zero-order valence-corrected chi connectivity index (χ0v) is 13.9. The lowest BCUT2D eigenvalue weighted by molar-refractivity contribution is 0.0706. The van der Waals surface area contributed by atoms with Gasteiger partial charge >= 0.3 is 6.03 Å². The molecule has 0 aliphatic carbocycles. The second-order valence-corrected chi connectivity index (χ2v) is 6.33. The number of ether oxygens (including phenoxy) is 1. The fourth-order valence-corrected chi connectivity index (χ4v) is 3.21. The number of urea groups is 1. The second-order valence-electron chi connectivity index (χ2n) is 6.33. The largest absolute Gasteiger partial charge is 0.380 e. The van der Waals surface area contributed by atoms with Crippen molar-refractivity contribution < 1.29 is 14.3 Å². The number of carbonyl (C=O) groups excluding carboxylic acids is 2. The Morgan fingerprint density at radius 2 is 1.71 bits per heavy atom. The van der Waals surface area contributed by atoms with E-state index in [0.717, 1.165) is 38.0 Å². The monoisotopic (exact) mass is 331 g/mol. The predicted octanol–water partition coefficient (Wildman–Crippen LogP) is 1.72. The Bertz CT molecular complexity index is 548. The first-order valence-electron chi connectivity index (χ1n) is 8.71. The maximum atomic E-state index is 12.4. The number of piperidine rings is 1. The molecular formula is C18H25N3O3. The van der Waals surface area contributed by atoms with Gasteiger partial charge in [-0.25, -0.2) is 4.79 Å². The molecule has 1 N–H and O–H groups in total. The molecule has 0 aromatic heterocycles. The van der Waals surface area contributed by atoms with Crippen LogP contribution >= 0.6 is 0 Å². The molecule has 2 aliphatic rings. The van der Waals surface area contributed by atoms with Crippen molar-refractivity contribution in [3.8, 4) is 0 Å². The quantitative estimate of drug-likeness (QED) is 0.898.